The van der Waals surface area contributed by atoms with Crippen LogP contribution in [0.2, 0.25) is 0 Å². The number of carbonyl (C=O) groups is 2. The number of halogens is 2. The Morgan fingerprint density at radius 2 is 1.86 bits per heavy atom. The van der Waals surface area contributed by atoms with Crippen LogP contribution in [0.4, 0.5) is 15.8 Å². The predicted molar refractivity (Wildman–Crippen MR) is 85.1 cm³/mol. The minimum Gasteiger partial charge on any atom is -0.373 e. The topological polar surface area (TPSA) is 49.4 Å². The molecular weight excluding hydrogens is 351 g/mol. The van der Waals surface area contributed by atoms with Gasteiger partial charge in [0.15, 0.2) is 0 Å². The van der Waals surface area contributed by atoms with Gasteiger partial charge in [0.2, 0.25) is 5.91 Å². The van der Waals surface area contributed by atoms with Gasteiger partial charge >= 0.3 is 0 Å². The lowest BCUT2D eigenvalue weighted by Gasteiger charge is -2.16. The Labute approximate surface area is 135 Å². The fourth-order valence-electron chi connectivity index (χ4n) is 2.38. The number of nitrogens with zero attached hydrogens (tertiary/aromatic N) is 1. The van der Waals surface area contributed by atoms with Crippen molar-refractivity contribution in [2.24, 2.45) is 0 Å². The van der Waals surface area contributed by atoms with Gasteiger partial charge in [-0.2, -0.15) is 0 Å². The lowest BCUT2D eigenvalue weighted by Crippen LogP contribution is -2.34. The first kappa shape index (κ1) is 14.7. The third-order valence-corrected chi connectivity index (χ3v) is 3.93. The molecule has 2 aromatic rings. The number of rotatable bonds is 3. The van der Waals surface area contributed by atoms with Crippen LogP contribution in [0, 0.1) is 5.82 Å². The van der Waals surface area contributed by atoms with Gasteiger partial charge in [-0.05, 0) is 42.5 Å². The molecule has 1 heterocycles. The highest BCUT2D eigenvalue weighted by Crippen LogP contribution is 2.25. The lowest BCUT2D eigenvalue weighted by atomic mass is 10.2. The van der Waals surface area contributed by atoms with E-state index in [9.17, 15) is 14.0 Å². The number of anilines is 2. The van der Waals surface area contributed by atoms with Crippen LogP contribution in [0.25, 0.3) is 0 Å². The average molecular weight is 363 g/mol. The van der Waals surface area contributed by atoms with Crippen LogP contribution < -0.4 is 10.2 Å². The van der Waals surface area contributed by atoms with Crippen molar-refractivity contribution in [2.45, 2.75) is 12.5 Å². The third-order valence-electron chi connectivity index (χ3n) is 3.40. The van der Waals surface area contributed by atoms with Crippen LogP contribution in [0.5, 0.6) is 0 Å². The van der Waals surface area contributed by atoms with Crippen molar-refractivity contribution >= 4 is 39.1 Å². The SMILES string of the molecule is O=C1C[C@H](Nc2ccc(Br)cc2)C(=O)N1c1cccc(F)c1. The maximum Gasteiger partial charge on any atom is 0.256 e. The first-order valence-corrected chi connectivity index (χ1v) is 7.48. The van der Waals surface area contributed by atoms with Crippen molar-refractivity contribution in [1.29, 1.82) is 0 Å². The van der Waals surface area contributed by atoms with E-state index in [0.717, 1.165) is 15.1 Å². The van der Waals surface area contributed by atoms with Crippen molar-refractivity contribution in [3.63, 3.8) is 0 Å². The molecule has 2 amide bonds. The van der Waals surface area contributed by atoms with Crippen molar-refractivity contribution in [3.05, 3.63) is 58.8 Å². The fraction of sp³-hybridized carbons (Fsp3) is 0.125. The summed E-state index contributed by atoms with van der Waals surface area (Å²) in [4.78, 5) is 25.5. The lowest BCUT2D eigenvalue weighted by molar-refractivity contribution is -0.121. The van der Waals surface area contributed by atoms with Gasteiger partial charge in [-0.3, -0.25) is 9.59 Å². The summed E-state index contributed by atoms with van der Waals surface area (Å²) in [5.74, 6) is -1.20. The molecule has 4 nitrogen and oxygen atoms in total. The summed E-state index contributed by atoms with van der Waals surface area (Å²) in [5.41, 5.74) is 1.01. The van der Waals surface area contributed by atoms with Gasteiger partial charge in [0.25, 0.3) is 5.91 Å². The second-order valence-corrected chi connectivity index (χ2v) is 5.87. The third kappa shape index (κ3) is 2.87. The molecular formula is C16H12BrFN2O2. The molecule has 2 aromatic carbocycles. The number of imide groups is 1. The van der Waals surface area contributed by atoms with Gasteiger partial charge in [0.1, 0.15) is 11.9 Å². The van der Waals surface area contributed by atoms with E-state index in [2.05, 4.69) is 21.2 Å². The summed E-state index contributed by atoms with van der Waals surface area (Å²) in [6.45, 7) is 0. The van der Waals surface area contributed by atoms with Crippen LogP contribution in [0.15, 0.2) is 53.0 Å². The quantitative estimate of drug-likeness (QED) is 0.852. The van der Waals surface area contributed by atoms with Crippen LogP contribution in [0.3, 0.4) is 0 Å². The predicted octanol–water partition coefficient (Wildman–Crippen LogP) is 3.33. The van der Waals surface area contributed by atoms with E-state index in [1.807, 2.05) is 24.3 Å². The van der Waals surface area contributed by atoms with Crippen molar-refractivity contribution in [1.82, 2.24) is 0 Å². The normalized spacial score (nSPS) is 17.9. The van der Waals surface area contributed by atoms with E-state index < -0.39 is 11.9 Å². The molecule has 1 fully saturated rings. The zero-order valence-corrected chi connectivity index (χ0v) is 13.0. The Morgan fingerprint density at radius 3 is 2.55 bits per heavy atom. The molecule has 0 radical (unpaired) electrons. The van der Waals surface area contributed by atoms with E-state index in [1.165, 1.54) is 18.2 Å². The van der Waals surface area contributed by atoms with Crippen LogP contribution in [0.1, 0.15) is 6.42 Å². The zero-order valence-electron chi connectivity index (χ0n) is 11.4. The molecule has 1 saturated heterocycles. The molecule has 22 heavy (non-hydrogen) atoms. The zero-order chi connectivity index (χ0) is 15.7. The first-order chi connectivity index (χ1) is 10.5. The van der Waals surface area contributed by atoms with E-state index in [0.29, 0.717) is 0 Å². The van der Waals surface area contributed by atoms with Crippen LogP contribution in [-0.4, -0.2) is 17.9 Å². The summed E-state index contributed by atoms with van der Waals surface area (Å²) in [6, 6.07) is 12.1. The van der Waals surface area contributed by atoms with Gasteiger partial charge in [-0.1, -0.05) is 22.0 Å². The molecule has 1 atom stereocenters. The number of hydrogen-bond donors (Lipinski definition) is 1. The van der Waals surface area contributed by atoms with Crippen LogP contribution in [-0.2, 0) is 9.59 Å². The van der Waals surface area contributed by atoms with E-state index in [4.69, 9.17) is 0 Å². The number of amides is 2. The Kier molecular flexibility index (Phi) is 3.94. The molecule has 112 valence electrons. The summed E-state index contributed by atoms with van der Waals surface area (Å²) in [5, 5.41) is 3.04. The van der Waals surface area contributed by atoms with Crippen molar-refractivity contribution in [2.75, 3.05) is 10.2 Å². The Hall–Kier alpha value is -2.21. The maximum absolute atomic E-state index is 13.3. The summed E-state index contributed by atoms with van der Waals surface area (Å²) in [7, 11) is 0. The summed E-state index contributed by atoms with van der Waals surface area (Å²) in [6.07, 6.45) is 0.0470. The first-order valence-electron chi connectivity index (χ1n) is 6.69. The number of nitrogens with one attached hydrogen (secondary N) is 1. The van der Waals surface area contributed by atoms with E-state index in [-0.39, 0.29) is 23.9 Å². The molecule has 6 heteroatoms. The number of benzene rings is 2. The molecule has 0 aromatic heterocycles. The smallest absolute Gasteiger partial charge is 0.256 e. The summed E-state index contributed by atoms with van der Waals surface area (Å²) >= 11 is 3.33. The standard InChI is InChI=1S/C16H12BrFN2O2/c17-10-4-6-12(7-5-10)19-14-9-15(21)20(16(14)22)13-3-1-2-11(18)8-13/h1-8,14,19H,9H2/t14-/m0/s1. The maximum atomic E-state index is 13.3. The molecule has 0 spiro atoms. The molecule has 0 saturated carbocycles. The molecule has 1 aliphatic rings. The van der Waals surface area contributed by atoms with Crippen molar-refractivity contribution in [3.8, 4) is 0 Å². The molecule has 1 N–H and O–H groups in total. The van der Waals surface area contributed by atoms with Gasteiger partial charge in [-0.25, -0.2) is 9.29 Å². The molecule has 0 bridgehead atoms. The monoisotopic (exact) mass is 362 g/mol. The summed E-state index contributed by atoms with van der Waals surface area (Å²) < 4.78 is 14.2. The van der Waals surface area contributed by atoms with Gasteiger partial charge in [-0.15, -0.1) is 0 Å². The second-order valence-electron chi connectivity index (χ2n) is 4.96. The molecule has 3 rings (SSSR count). The minimum absolute atomic E-state index is 0.0470. The van der Waals surface area contributed by atoms with Gasteiger partial charge in [0, 0.05) is 10.2 Å². The highest BCUT2D eigenvalue weighted by atomic mass is 79.9. The van der Waals surface area contributed by atoms with Gasteiger partial charge in [0.05, 0.1) is 12.1 Å². The number of hydrogen-bond acceptors (Lipinski definition) is 3. The highest BCUT2D eigenvalue weighted by Gasteiger charge is 2.39. The number of carbonyl (C=O) groups excluding carboxylic acids is 2. The Morgan fingerprint density at radius 1 is 1.14 bits per heavy atom. The van der Waals surface area contributed by atoms with E-state index >= 15 is 0 Å². The second kappa shape index (κ2) is 5.88. The average Bonchev–Trinajstić information content (AvgIpc) is 2.76. The Balaban J connectivity index is 1.81. The molecule has 1 aliphatic heterocycles. The Bertz CT molecular complexity index is 733. The highest BCUT2D eigenvalue weighted by molar-refractivity contribution is 9.10. The molecule has 0 unspecified atom stereocenters. The molecule has 0 aliphatic carbocycles. The minimum atomic E-state index is -0.642. The fourth-order valence-corrected chi connectivity index (χ4v) is 2.64. The van der Waals surface area contributed by atoms with Gasteiger partial charge < -0.3 is 5.32 Å². The largest absolute Gasteiger partial charge is 0.373 e. The van der Waals surface area contributed by atoms with Crippen LogP contribution >= 0.6 is 15.9 Å². The van der Waals surface area contributed by atoms with Crippen molar-refractivity contribution < 1.29 is 14.0 Å². The van der Waals surface area contributed by atoms with E-state index in [1.54, 1.807) is 6.07 Å².